The first kappa shape index (κ1) is 35.9. The first-order valence-corrected chi connectivity index (χ1v) is 15.4. The predicted octanol–water partition coefficient (Wildman–Crippen LogP) is 6.24. The maximum atomic E-state index is 13.5. The Labute approximate surface area is 289 Å². The molecule has 51 heavy (non-hydrogen) atoms. The second kappa shape index (κ2) is 15.4. The van der Waals surface area contributed by atoms with E-state index in [4.69, 9.17) is 9.47 Å². The third-order valence-electron chi connectivity index (χ3n) is 7.64. The topological polar surface area (TPSA) is 140 Å². The van der Waals surface area contributed by atoms with Crippen LogP contribution in [-0.2, 0) is 35.8 Å². The van der Waals surface area contributed by atoms with Crippen molar-refractivity contribution in [3.8, 4) is 22.8 Å². The second-order valence-electron chi connectivity index (χ2n) is 11.4. The molecule has 0 spiro atoms. The summed E-state index contributed by atoms with van der Waals surface area (Å²) in [5.41, 5.74) is 1.59. The van der Waals surface area contributed by atoms with Crippen molar-refractivity contribution in [1.29, 1.82) is 0 Å². The van der Waals surface area contributed by atoms with E-state index < -0.39 is 48.5 Å². The molecule has 0 saturated heterocycles. The zero-order valence-electron chi connectivity index (χ0n) is 27.3. The quantitative estimate of drug-likeness (QED) is 0.115. The molecule has 0 atom stereocenters. The molecule has 4 aromatic carbocycles. The molecule has 1 aromatic heterocycles. The molecule has 1 heterocycles. The highest BCUT2D eigenvalue weighted by Gasteiger charge is 2.34. The number of amides is 2. The molecule has 5 rings (SSSR count). The van der Waals surface area contributed by atoms with Crippen LogP contribution in [0.1, 0.15) is 37.4 Å². The number of hydrogen-bond donors (Lipinski definition) is 2. The number of hydrogen-bond acceptors (Lipinski definition) is 7. The number of esters is 1. The Kier molecular flexibility index (Phi) is 10.8. The van der Waals surface area contributed by atoms with E-state index in [-0.39, 0.29) is 34.9 Å². The summed E-state index contributed by atoms with van der Waals surface area (Å²) in [6.07, 6.45) is -3.45. The van der Waals surface area contributed by atoms with Crippen LogP contribution >= 0.6 is 0 Å². The largest absolute Gasteiger partial charge is 0.497 e. The molecular weight excluding hydrogens is 669 g/mol. The number of carboxylic acids is 1. The van der Waals surface area contributed by atoms with Gasteiger partial charge in [-0.05, 0) is 77.9 Å². The Morgan fingerprint density at radius 3 is 2.10 bits per heavy atom. The fourth-order valence-corrected chi connectivity index (χ4v) is 5.12. The molecule has 5 aromatic rings. The second-order valence-corrected chi connectivity index (χ2v) is 11.4. The smallest absolute Gasteiger partial charge is 0.416 e. The molecular formula is C37H31F3N4O7. The summed E-state index contributed by atoms with van der Waals surface area (Å²) in [4.78, 5) is 51.3. The first-order chi connectivity index (χ1) is 24.3. The average Bonchev–Trinajstić information content (AvgIpc) is 3.54. The van der Waals surface area contributed by atoms with Crippen LogP contribution in [0.15, 0.2) is 103 Å². The van der Waals surface area contributed by atoms with Gasteiger partial charge in [-0.3, -0.25) is 19.1 Å². The number of anilines is 1. The molecule has 0 aliphatic carbocycles. The van der Waals surface area contributed by atoms with E-state index in [0.29, 0.717) is 11.1 Å². The third-order valence-corrected chi connectivity index (χ3v) is 7.64. The van der Waals surface area contributed by atoms with Crippen molar-refractivity contribution < 1.29 is 46.9 Å². The van der Waals surface area contributed by atoms with E-state index in [0.717, 1.165) is 22.2 Å². The summed E-state index contributed by atoms with van der Waals surface area (Å²) in [5, 5.41) is 16.3. The number of methoxy groups -OCH3 is 1. The fourth-order valence-electron chi connectivity index (χ4n) is 5.12. The van der Waals surface area contributed by atoms with E-state index in [2.05, 4.69) is 10.4 Å². The molecule has 0 bridgehead atoms. The van der Waals surface area contributed by atoms with Gasteiger partial charge in [0, 0.05) is 36.6 Å². The van der Waals surface area contributed by atoms with Crippen LogP contribution in [0.2, 0.25) is 0 Å². The summed E-state index contributed by atoms with van der Waals surface area (Å²) >= 11 is 0. The van der Waals surface area contributed by atoms with Gasteiger partial charge in [0.2, 0.25) is 5.91 Å². The number of alkyl halides is 3. The summed E-state index contributed by atoms with van der Waals surface area (Å²) < 4.78 is 52.6. The molecule has 0 fully saturated rings. The van der Waals surface area contributed by atoms with Gasteiger partial charge in [0.25, 0.3) is 5.91 Å². The number of nitrogens with one attached hydrogen (secondary N) is 1. The highest BCUT2D eigenvalue weighted by molar-refractivity contribution is 5.97. The average molecular weight is 701 g/mol. The molecule has 2 amide bonds. The number of aliphatic carboxylic acids is 1. The minimum absolute atomic E-state index is 0.00144. The molecule has 0 radical (unpaired) electrons. The van der Waals surface area contributed by atoms with Gasteiger partial charge in [-0.1, -0.05) is 30.3 Å². The van der Waals surface area contributed by atoms with Crippen molar-refractivity contribution in [2.75, 3.05) is 19.0 Å². The number of carbonyl (C=O) groups is 4. The van der Waals surface area contributed by atoms with E-state index in [9.17, 15) is 37.5 Å². The van der Waals surface area contributed by atoms with Crippen LogP contribution in [0, 0.1) is 0 Å². The van der Waals surface area contributed by atoms with Crippen LogP contribution < -0.4 is 14.8 Å². The van der Waals surface area contributed by atoms with Gasteiger partial charge in [0.1, 0.15) is 18.0 Å². The van der Waals surface area contributed by atoms with Gasteiger partial charge < -0.3 is 24.8 Å². The number of rotatable bonds is 12. The molecule has 0 aliphatic rings. The van der Waals surface area contributed by atoms with Crippen molar-refractivity contribution in [3.63, 3.8) is 0 Å². The SMILES string of the molecule is COc1ccc(CC(=O)Nc2ccc(C(=O)N(CC(=O)O)Cc3ccc(OC(=O)c4ccc(-c5ccn(C)n5)cc4)cc3)cc2)c(C(F)(F)F)c1. The van der Waals surface area contributed by atoms with E-state index in [1.165, 1.54) is 55.6 Å². The maximum absolute atomic E-state index is 13.5. The molecule has 2 N–H and O–H groups in total. The molecule has 0 unspecified atom stereocenters. The van der Waals surface area contributed by atoms with Gasteiger partial charge in [-0.2, -0.15) is 18.3 Å². The highest BCUT2D eigenvalue weighted by atomic mass is 19.4. The lowest BCUT2D eigenvalue weighted by atomic mass is 10.0. The summed E-state index contributed by atoms with van der Waals surface area (Å²) in [6.45, 7) is -0.706. The number of carboxylic acid groups (broad SMARTS) is 1. The predicted molar refractivity (Wildman–Crippen MR) is 179 cm³/mol. The highest BCUT2D eigenvalue weighted by Crippen LogP contribution is 2.35. The lowest BCUT2D eigenvalue weighted by Crippen LogP contribution is -2.35. The lowest BCUT2D eigenvalue weighted by Gasteiger charge is -2.21. The van der Waals surface area contributed by atoms with E-state index in [1.807, 2.05) is 19.3 Å². The van der Waals surface area contributed by atoms with Gasteiger partial charge in [-0.25, -0.2) is 4.79 Å². The van der Waals surface area contributed by atoms with Crippen LogP contribution in [-0.4, -0.2) is 57.2 Å². The third kappa shape index (κ3) is 9.38. The number of benzene rings is 4. The molecule has 14 heteroatoms. The number of halogens is 3. The van der Waals surface area contributed by atoms with Crippen molar-refractivity contribution in [2.45, 2.75) is 19.1 Å². The van der Waals surface area contributed by atoms with Gasteiger partial charge in [0.05, 0.1) is 30.4 Å². The number of aryl methyl sites for hydroxylation is 1. The van der Waals surface area contributed by atoms with E-state index in [1.54, 1.807) is 41.1 Å². The molecule has 0 saturated carbocycles. The standard InChI is InChI=1S/C37H31F3N4O7/c1-43-18-17-32(42-43)24-5-7-26(8-6-24)36(49)51-29-14-3-23(4-15-29)21-44(22-34(46)47)35(48)25-9-12-28(13-10-25)41-33(45)19-27-11-16-30(50-2)20-31(27)37(38,39)40/h3-18,20H,19,21-22H2,1-2H3,(H,41,45)(H,46,47). The molecule has 262 valence electrons. The van der Waals surface area contributed by atoms with Crippen LogP contribution in [0.25, 0.3) is 11.3 Å². The Bertz CT molecular complexity index is 2040. The zero-order valence-corrected chi connectivity index (χ0v) is 27.3. The normalized spacial score (nSPS) is 11.1. The summed E-state index contributed by atoms with van der Waals surface area (Å²) in [6, 6.07) is 23.7. The van der Waals surface area contributed by atoms with Crippen molar-refractivity contribution in [2.24, 2.45) is 7.05 Å². The molecule has 11 nitrogen and oxygen atoms in total. The van der Waals surface area contributed by atoms with Crippen LogP contribution in [0.4, 0.5) is 18.9 Å². The first-order valence-electron chi connectivity index (χ1n) is 15.4. The minimum atomic E-state index is -4.70. The Morgan fingerprint density at radius 1 is 0.863 bits per heavy atom. The van der Waals surface area contributed by atoms with Gasteiger partial charge in [-0.15, -0.1) is 0 Å². The molecule has 0 aliphatic heterocycles. The summed E-state index contributed by atoms with van der Waals surface area (Å²) in [5.74, 6) is -2.92. The van der Waals surface area contributed by atoms with Gasteiger partial charge in [0.15, 0.2) is 0 Å². The Balaban J connectivity index is 1.19. The zero-order chi connectivity index (χ0) is 36.7. The van der Waals surface area contributed by atoms with Crippen molar-refractivity contribution in [1.82, 2.24) is 14.7 Å². The van der Waals surface area contributed by atoms with Crippen molar-refractivity contribution >= 4 is 29.4 Å². The Morgan fingerprint density at radius 2 is 1.51 bits per heavy atom. The van der Waals surface area contributed by atoms with Crippen LogP contribution in [0.5, 0.6) is 11.5 Å². The number of ether oxygens (including phenoxy) is 2. The Hall–Kier alpha value is -6.44. The van der Waals surface area contributed by atoms with E-state index >= 15 is 0 Å². The monoisotopic (exact) mass is 700 g/mol. The van der Waals surface area contributed by atoms with Crippen molar-refractivity contribution in [3.05, 3.63) is 131 Å². The number of aromatic nitrogens is 2. The van der Waals surface area contributed by atoms with Crippen LogP contribution in [0.3, 0.4) is 0 Å². The van der Waals surface area contributed by atoms with Gasteiger partial charge >= 0.3 is 18.1 Å². The number of carbonyl (C=O) groups excluding carboxylic acids is 3. The fraction of sp³-hybridized carbons (Fsp3) is 0.162. The summed E-state index contributed by atoms with van der Waals surface area (Å²) in [7, 11) is 3.05. The lowest BCUT2D eigenvalue weighted by molar-refractivity contribution is -0.139. The minimum Gasteiger partial charge on any atom is -0.497 e. The maximum Gasteiger partial charge on any atom is 0.416 e. The number of nitrogens with zero attached hydrogens (tertiary/aromatic N) is 3.